The van der Waals surface area contributed by atoms with E-state index in [0.29, 0.717) is 0 Å². The molecule has 103 valence electrons. The summed E-state index contributed by atoms with van der Waals surface area (Å²) in [6, 6.07) is 31.9. The second-order valence-electron chi connectivity index (χ2n) is 4.03. The van der Waals surface area contributed by atoms with Gasteiger partial charge >= 0.3 is 32.8 Å². The van der Waals surface area contributed by atoms with Crippen molar-refractivity contribution >= 4 is 20.5 Å². The molecular formula is C18H11INi-3. The monoisotopic (exact) mass is 412 g/mol. The zero-order valence-corrected chi connectivity index (χ0v) is 13.7. The van der Waals surface area contributed by atoms with E-state index < -0.39 is 0 Å². The van der Waals surface area contributed by atoms with Crippen LogP contribution in [0.15, 0.2) is 66.7 Å². The first-order valence-electron chi connectivity index (χ1n) is 6.02. The molecule has 0 aliphatic heterocycles. The molecule has 3 aromatic rings. The van der Waals surface area contributed by atoms with Gasteiger partial charge in [-0.1, -0.05) is 0 Å². The molecule has 3 aromatic carbocycles. The minimum Gasteiger partial charge on any atom is -0.219 e. The van der Waals surface area contributed by atoms with Gasteiger partial charge in [-0.25, -0.2) is 28.3 Å². The summed E-state index contributed by atoms with van der Waals surface area (Å²) in [5, 5.41) is 0. The van der Waals surface area contributed by atoms with Crippen molar-refractivity contribution in [2.45, 2.75) is 0 Å². The third-order valence-electron chi connectivity index (χ3n) is 2.79. The summed E-state index contributed by atoms with van der Waals surface area (Å²) in [4.78, 5) is 0. The third kappa shape index (κ3) is 3.94. The Morgan fingerprint density at radius 3 is 1.45 bits per heavy atom. The van der Waals surface area contributed by atoms with Gasteiger partial charge in [0.15, 0.2) is 0 Å². The average molecular weight is 413 g/mol. The first-order chi connectivity index (χ1) is 9.93. The van der Waals surface area contributed by atoms with Crippen LogP contribution in [0, 0.1) is 18.2 Å². The van der Waals surface area contributed by atoms with Crippen molar-refractivity contribution in [3.63, 3.8) is 0 Å². The van der Waals surface area contributed by atoms with Crippen LogP contribution in [0.2, 0.25) is 0 Å². The van der Waals surface area contributed by atoms with Crippen LogP contribution in [0.1, 0.15) is 0 Å². The van der Waals surface area contributed by atoms with Gasteiger partial charge in [0, 0.05) is 0 Å². The van der Waals surface area contributed by atoms with Crippen LogP contribution in [0.25, 0.3) is 22.3 Å². The number of hydrogen-bond acceptors (Lipinski definition) is 0. The molecule has 0 spiro atoms. The smallest absolute Gasteiger partial charge is 0.144 e. The van der Waals surface area contributed by atoms with Crippen LogP contribution >= 0.6 is 20.5 Å². The molecule has 0 nitrogen and oxygen atoms in total. The predicted molar refractivity (Wildman–Crippen MR) is 87.8 cm³/mol. The second kappa shape index (κ2) is 8.23. The van der Waals surface area contributed by atoms with Crippen molar-refractivity contribution in [2.75, 3.05) is 0 Å². The Morgan fingerprint density at radius 2 is 1.05 bits per heavy atom. The maximum atomic E-state index is 3.84. The molecule has 0 heterocycles. The van der Waals surface area contributed by atoms with Crippen LogP contribution in [0.5, 0.6) is 0 Å². The molecule has 0 N–H and O–H groups in total. The number of hydrogen-bond donors (Lipinski definition) is 0. The minimum atomic E-state index is 1.06. The van der Waals surface area contributed by atoms with E-state index in [-0.39, 0.29) is 0 Å². The van der Waals surface area contributed by atoms with Crippen molar-refractivity contribution in [2.24, 2.45) is 0 Å². The fraction of sp³-hybridized carbons (Fsp3) is 0. The van der Waals surface area contributed by atoms with Gasteiger partial charge in [-0.15, -0.1) is 18.2 Å². The number of halogens is 1. The van der Waals surface area contributed by atoms with Crippen LogP contribution in [-0.2, 0) is 12.3 Å². The van der Waals surface area contributed by atoms with Gasteiger partial charge in [-0.2, -0.15) is 60.7 Å². The van der Waals surface area contributed by atoms with E-state index in [0.717, 1.165) is 22.3 Å². The van der Waals surface area contributed by atoms with Crippen molar-refractivity contribution < 1.29 is 12.3 Å². The van der Waals surface area contributed by atoms with Gasteiger partial charge in [-0.3, -0.25) is 0 Å². The predicted octanol–water partition coefficient (Wildman–Crippen LogP) is 5.30. The molecule has 0 bridgehead atoms. The van der Waals surface area contributed by atoms with Crippen LogP contribution in [-0.4, -0.2) is 0 Å². The second-order valence-corrected chi connectivity index (χ2v) is 4.03. The Labute approximate surface area is 139 Å². The van der Waals surface area contributed by atoms with E-state index in [1.54, 1.807) is 20.5 Å². The first kappa shape index (κ1) is 15.3. The van der Waals surface area contributed by atoms with Gasteiger partial charge in [0.1, 0.15) is 0 Å². The number of benzene rings is 3. The maximum absolute atomic E-state index is 3.84. The molecule has 0 aliphatic rings. The SMILES string of the molecule is [Ni][I].[c-]1ccccc1-c1[c-]c(-c2[c-]cccc2)ccc1. The maximum Gasteiger partial charge on any atom is -0.144 e. The molecule has 0 fully saturated rings. The normalized spacial score (nSPS) is 9.55. The van der Waals surface area contributed by atoms with Crippen LogP contribution < -0.4 is 0 Å². The summed E-state index contributed by atoms with van der Waals surface area (Å²) in [6.07, 6.45) is 0. The summed E-state index contributed by atoms with van der Waals surface area (Å²) in [6.45, 7) is 0. The van der Waals surface area contributed by atoms with Gasteiger partial charge in [-0.05, 0) is 0 Å². The van der Waals surface area contributed by atoms with Crippen LogP contribution in [0.4, 0.5) is 0 Å². The molecular weight excluding hydrogens is 402 g/mol. The zero-order chi connectivity index (χ0) is 14.2. The fourth-order valence-electron chi connectivity index (χ4n) is 1.90. The van der Waals surface area contributed by atoms with Gasteiger partial charge < -0.3 is 0 Å². The molecule has 2 heteroatoms. The number of rotatable bonds is 2. The van der Waals surface area contributed by atoms with E-state index in [9.17, 15) is 0 Å². The van der Waals surface area contributed by atoms with E-state index in [1.807, 2.05) is 54.6 Å². The standard InChI is InChI=1S/C18H11.HI.Ni/c1-3-8-15(9-4-1)17-12-7-13-18(14-17)16-10-5-2-6-11-16;;/h1-8,10,12-13H;1H;/q-3;;+1/p-1. The molecule has 0 aliphatic carbocycles. The molecule has 0 atom stereocenters. The van der Waals surface area contributed by atoms with Crippen molar-refractivity contribution in [1.29, 1.82) is 0 Å². The Kier molecular flexibility index (Phi) is 6.29. The van der Waals surface area contributed by atoms with E-state index in [2.05, 4.69) is 42.6 Å². The fourth-order valence-corrected chi connectivity index (χ4v) is 1.90. The van der Waals surface area contributed by atoms with Gasteiger partial charge in [0.2, 0.25) is 0 Å². The molecule has 0 radical (unpaired) electrons. The summed E-state index contributed by atoms with van der Waals surface area (Å²) >= 11 is 5.62. The molecule has 0 unspecified atom stereocenters. The minimum absolute atomic E-state index is 1.06. The summed E-state index contributed by atoms with van der Waals surface area (Å²) < 4.78 is 0. The molecule has 0 saturated carbocycles. The van der Waals surface area contributed by atoms with Gasteiger partial charge in [0.05, 0.1) is 0 Å². The van der Waals surface area contributed by atoms with E-state index >= 15 is 0 Å². The molecule has 0 aromatic heterocycles. The summed E-state index contributed by atoms with van der Waals surface area (Å²) in [5.74, 6) is 0. The Hall–Kier alpha value is -1.12. The summed E-state index contributed by atoms with van der Waals surface area (Å²) in [5.41, 5.74) is 4.25. The molecule has 20 heavy (non-hydrogen) atoms. The Balaban J connectivity index is 0.000000704. The first-order valence-corrected chi connectivity index (χ1v) is 9.20. The topological polar surface area (TPSA) is 0 Å². The Bertz CT molecular complexity index is 581. The molecule has 3 rings (SSSR count). The van der Waals surface area contributed by atoms with E-state index in [4.69, 9.17) is 0 Å². The third-order valence-corrected chi connectivity index (χ3v) is 2.79. The Morgan fingerprint density at radius 1 is 0.600 bits per heavy atom. The van der Waals surface area contributed by atoms with Crippen LogP contribution in [0.3, 0.4) is 0 Å². The van der Waals surface area contributed by atoms with Crippen molar-refractivity contribution in [3.8, 4) is 22.3 Å². The van der Waals surface area contributed by atoms with Crippen molar-refractivity contribution in [3.05, 3.63) is 84.9 Å². The zero-order valence-electron chi connectivity index (χ0n) is 10.5. The molecule has 0 amide bonds. The molecule has 0 saturated heterocycles. The quantitative estimate of drug-likeness (QED) is 0.304. The largest absolute Gasteiger partial charge is 0.219 e. The van der Waals surface area contributed by atoms with Gasteiger partial charge in [0.25, 0.3) is 0 Å². The van der Waals surface area contributed by atoms with E-state index in [1.165, 1.54) is 0 Å². The summed E-state index contributed by atoms with van der Waals surface area (Å²) in [7, 11) is 0. The average Bonchev–Trinajstić information content (AvgIpc) is 2.58. The van der Waals surface area contributed by atoms with Crippen molar-refractivity contribution in [1.82, 2.24) is 0 Å².